The van der Waals surface area contributed by atoms with Gasteiger partial charge < -0.3 is 0 Å². The number of fused-ring (bicyclic) bond motifs is 1. The molecule has 1 aliphatic carbocycles. The van der Waals surface area contributed by atoms with E-state index in [-0.39, 0.29) is 11.7 Å². The van der Waals surface area contributed by atoms with Gasteiger partial charge in [0.2, 0.25) is 0 Å². The van der Waals surface area contributed by atoms with Crippen molar-refractivity contribution in [2.24, 2.45) is 0 Å². The fraction of sp³-hybridized carbons (Fsp3) is 0.417. The van der Waals surface area contributed by atoms with Gasteiger partial charge in [-0.2, -0.15) is 4.98 Å². The Labute approximate surface area is 97.4 Å². The molecule has 0 radical (unpaired) electrons. The first kappa shape index (κ1) is 10.3. The lowest BCUT2D eigenvalue weighted by atomic mass is 10.2. The summed E-state index contributed by atoms with van der Waals surface area (Å²) < 4.78 is 2.74. The van der Waals surface area contributed by atoms with E-state index in [2.05, 4.69) is 4.98 Å². The number of aromatic nitrogens is 3. The Hall–Kier alpha value is -1.91. The van der Waals surface area contributed by atoms with Gasteiger partial charge in [-0.1, -0.05) is 18.9 Å². The first-order valence-corrected chi connectivity index (χ1v) is 5.87. The second kappa shape index (κ2) is 3.84. The molecule has 0 unspecified atom stereocenters. The SMILES string of the molecule is O=c1nc2ccccn2c(=O)n1C1CCCC1. The molecule has 1 aliphatic rings. The lowest BCUT2D eigenvalue weighted by Gasteiger charge is -2.12. The van der Waals surface area contributed by atoms with E-state index in [9.17, 15) is 9.59 Å². The topological polar surface area (TPSA) is 56.4 Å². The lowest BCUT2D eigenvalue weighted by Crippen LogP contribution is -2.41. The summed E-state index contributed by atoms with van der Waals surface area (Å²) in [4.78, 5) is 28.1. The fourth-order valence-corrected chi connectivity index (χ4v) is 2.51. The van der Waals surface area contributed by atoms with Crippen LogP contribution in [-0.4, -0.2) is 14.0 Å². The van der Waals surface area contributed by atoms with Crippen LogP contribution in [-0.2, 0) is 0 Å². The quantitative estimate of drug-likeness (QED) is 0.734. The van der Waals surface area contributed by atoms with Crippen LogP contribution in [0.1, 0.15) is 31.7 Å². The van der Waals surface area contributed by atoms with Crippen LogP contribution in [0.2, 0.25) is 0 Å². The van der Waals surface area contributed by atoms with Gasteiger partial charge in [0.15, 0.2) is 0 Å². The van der Waals surface area contributed by atoms with Crippen LogP contribution in [0.25, 0.3) is 5.65 Å². The first-order valence-electron chi connectivity index (χ1n) is 5.87. The summed E-state index contributed by atoms with van der Waals surface area (Å²) >= 11 is 0. The Balaban J connectivity index is 2.31. The van der Waals surface area contributed by atoms with Crippen molar-refractivity contribution in [2.45, 2.75) is 31.7 Å². The summed E-state index contributed by atoms with van der Waals surface area (Å²) in [5.74, 6) is 0. The van der Waals surface area contributed by atoms with Crippen molar-refractivity contribution in [3.8, 4) is 0 Å². The van der Waals surface area contributed by atoms with Gasteiger partial charge in [0.25, 0.3) is 0 Å². The second-order valence-electron chi connectivity index (χ2n) is 4.41. The van der Waals surface area contributed by atoms with Gasteiger partial charge in [-0.15, -0.1) is 0 Å². The maximum absolute atomic E-state index is 12.2. The number of hydrogen-bond donors (Lipinski definition) is 0. The molecule has 88 valence electrons. The summed E-state index contributed by atoms with van der Waals surface area (Å²) in [5, 5.41) is 0. The zero-order chi connectivity index (χ0) is 11.8. The van der Waals surface area contributed by atoms with E-state index in [1.165, 1.54) is 8.97 Å². The summed E-state index contributed by atoms with van der Waals surface area (Å²) in [6, 6.07) is 5.22. The highest BCUT2D eigenvalue weighted by Crippen LogP contribution is 2.26. The van der Waals surface area contributed by atoms with E-state index in [4.69, 9.17) is 0 Å². The molecule has 0 aliphatic heterocycles. The van der Waals surface area contributed by atoms with E-state index >= 15 is 0 Å². The molecule has 5 nitrogen and oxygen atoms in total. The molecule has 0 saturated heterocycles. The molecule has 1 saturated carbocycles. The third-order valence-electron chi connectivity index (χ3n) is 3.36. The van der Waals surface area contributed by atoms with Gasteiger partial charge in [-0.05, 0) is 25.0 Å². The van der Waals surface area contributed by atoms with Crippen LogP contribution in [0.15, 0.2) is 34.0 Å². The minimum absolute atomic E-state index is 0.0274. The Morgan fingerprint density at radius 1 is 1.18 bits per heavy atom. The highest BCUT2D eigenvalue weighted by Gasteiger charge is 2.21. The van der Waals surface area contributed by atoms with Crippen LogP contribution in [0.5, 0.6) is 0 Å². The van der Waals surface area contributed by atoms with Gasteiger partial charge in [0.1, 0.15) is 5.65 Å². The summed E-state index contributed by atoms with van der Waals surface area (Å²) in [6.07, 6.45) is 5.60. The normalized spacial score (nSPS) is 16.7. The maximum Gasteiger partial charge on any atom is 0.353 e. The molecular formula is C12H13N3O2. The Morgan fingerprint density at radius 3 is 2.71 bits per heavy atom. The van der Waals surface area contributed by atoms with Crippen LogP contribution in [0.4, 0.5) is 0 Å². The molecule has 0 atom stereocenters. The third-order valence-corrected chi connectivity index (χ3v) is 3.36. The van der Waals surface area contributed by atoms with E-state index in [0.29, 0.717) is 5.65 Å². The Morgan fingerprint density at radius 2 is 1.94 bits per heavy atom. The third kappa shape index (κ3) is 1.58. The van der Waals surface area contributed by atoms with Crippen LogP contribution in [0, 0.1) is 0 Å². The van der Waals surface area contributed by atoms with Crippen molar-refractivity contribution in [2.75, 3.05) is 0 Å². The van der Waals surface area contributed by atoms with Crippen molar-refractivity contribution in [1.82, 2.24) is 14.0 Å². The molecule has 1 fully saturated rings. The molecule has 2 aromatic rings. The molecule has 5 heteroatoms. The van der Waals surface area contributed by atoms with Crippen LogP contribution in [0.3, 0.4) is 0 Å². The average molecular weight is 231 g/mol. The van der Waals surface area contributed by atoms with Gasteiger partial charge >= 0.3 is 11.4 Å². The predicted octanol–water partition coefficient (Wildman–Crippen LogP) is 0.971. The standard InChI is InChI=1S/C12H13N3O2/c16-11-13-10-7-3-4-8-14(10)12(17)15(11)9-5-1-2-6-9/h3-4,7-9H,1-2,5-6H2. The average Bonchev–Trinajstić information content (AvgIpc) is 2.83. The summed E-state index contributed by atoms with van der Waals surface area (Å²) in [5.41, 5.74) is -0.280. The summed E-state index contributed by atoms with van der Waals surface area (Å²) in [6.45, 7) is 0. The Kier molecular flexibility index (Phi) is 2.31. The molecule has 0 spiro atoms. The predicted molar refractivity (Wildman–Crippen MR) is 63.2 cm³/mol. The number of nitrogens with zero attached hydrogens (tertiary/aromatic N) is 3. The van der Waals surface area contributed by atoms with E-state index < -0.39 is 5.69 Å². The monoisotopic (exact) mass is 231 g/mol. The molecular weight excluding hydrogens is 218 g/mol. The fourth-order valence-electron chi connectivity index (χ4n) is 2.51. The van der Waals surface area contributed by atoms with Crippen molar-refractivity contribution in [3.63, 3.8) is 0 Å². The Bertz CT molecular complexity index is 665. The molecule has 0 amide bonds. The minimum atomic E-state index is -0.423. The second-order valence-corrected chi connectivity index (χ2v) is 4.41. The number of rotatable bonds is 1. The minimum Gasteiger partial charge on any atom is -0.253 e. The van der Waals surface area contributed by atoms with Crippen molar-refractivity contribution >= 4 is 5.65 Å². The largest absolute Gasteiger partial charge is 0.353 e. The van der Waals surface area contributed by atoms with E-state index in [1.807, 2.05) is 0 Å². The smallest absolute Gasteiger partial charge is 0.253 e. The van der Waals surface area contributed by atoms with Crippen LogP contribution < -0.4 is 11.4 Å². The number of pyridine rings is 1. The van der Waals surface area contributed by atoms with Gasteiger partial charge in [0.05, 0.1) is 0 Å². The van der Waals surface area contributed by atoms with Crippen molar-refractivity contribution in [1.29, 1.82) is 0 Å². The van der Waals surface area contributed by atoms with E-state index in [1.54, 1.807) is 24.4 Å². The van der Waals surface area contributed by atoms with Gasteiger partial charge in [-0.25, -0.2) is 14.2 Å². The molecule has 17 heavy (non-hydrogen) atoms. The van der Waals surface area contributed by atoms with Crippen molar-refractivity contribution < 1.29 is 0 Å². The molecule has 3 rings (SSSR count). The zero-order valence-electron chi connectivity index (χ0n) is 9.37. The summed E-state index contributed by atoms with van der Waals surface area (Å²) in [7, 11) is 0. The maximum atomic E-state index is 12.2. The zero-order valence-corrected chi connectivity index (χ0v) is 9.37. The highest BCUT2D eigenvalue weighted by atomic mass is 16.2. The highest BCUT2D eigenvalue weighted by molar-refractivity contribution is 5.35. The molecule has 2 heterocycles. The van der Waals surface area contributed by atoms with Crippen molar-refractivity contribution in [3.05, 3.63) is 45.4 Å². The lowest BCUT2D eigenvalue weighted by molar-refractivity contribution is 0.464. The molecule has 0 bridgehead atoms. The first-order chi connectivity index (χ1) is 8.27. The molecule has 0 aromatic carbocycles. The van der Waals surface area contributed by atoms with Gasteiger partial charge in [-0.3, -0.25) is 4.40 Å². The number of hydrogen-bond acceptors (Lipinski definition) is 3. The molecule has 0 N–H and O–H groups in total. The van der Waals surface area contributed by atoms with Gasteiger partial charge in [0, 0.05) is 12.2 Å². The van der Waals surface area contributed by atoms with Crippen LogP contribution >= 0.6 is 0 Å². The molecule has 2 aromatic heterocycles. The van der Waals surface area contributed by atoms with E-state index in [0.717, 1.165) is 25.7 Å².